The fraction of sp³-hybridized carbons (Fsp3) is 0.364. The van der Waals surface area contributed by atoms with Crippen LogP contribution < -0.4 is 5.32 Å². The molecule has 1 N–H and O–H groups in total. The lowest BCUT2D eigenvalue weighted by atomic mass is 10.3. The molecule has 0 bridgehead atoms. The summed E-state index contributed by atoms with van der Waals surface area (Å²) in [7, 11) is 1.65. The molecule has 5 nitrogen and oxygen atoms in total. The lowest BCUT2D eigenvalue weighted by molar-refractivity contribution is 0.181. The van der Waals surface area contributed by atoms with Crippen molar-refractivity contribution in [3.63, 3.8) is 0 Å². The van der Waals surface area contributed by atoms with E-state index < -0.39 is 0 Å². The molecule has 0 spiro atoms. The molecule has 2 aromatic rings. The minimum Gasteiger partial charge on any atom is -0.378 e. The van der Waals surface area contributed by atoms with E-state index in [1.165, 1.54) is 11.3 Å². The average Bonchev–Trinajstić information content (AvgIpc) is 2.83. The Balaban J connectivity index is 2.37. The van der Waals surface area contributed by atoms with Crippen LogP contribution in [0.25, 0.3) is 10.7 Å². The summed E-state index contributed by atoms with van der Waals surface area (Å²) in [6.45, 7) is 3.34. The largest absolute Gasteiger partial charge is 0.378 e. The van der Waals surface area contributed by atoms with Crippen molar-refractivity contribution in [1.29, 1.82) is 0 Å². The average molecular weight is 250 g/mol. The minimum atomic E-state index is 0.479. The van der Waals surface area contributed by atoms with E-state index in [1.807, 2.05) is 13.0 Å². The molecule has 90 valence electrons. The number of nitrogens with zero attached hydrogens (tertiary/aromatic N) is 3. The first-order valence-electron chi connectivity index (χ1n) is 5.33. The zero-order valence-electron chi connectivity index (χ0n) is 9.80. The monoisotopic (exact) mass is 250 g/mol. The van der Waals surface area contributed by atoms with Gasteiger partial charge in [0, 0.05) is 25.9 Å². The lowest BCUT2D eigenvalue weighted by Crippen LogP contribution is -2.04. The molecule has 2 rings (SSSR count). The van der Waals surface area contributed by atoms with Crippen LogP contribution >= 0.6 is 11.3 Å². The number of thiazole rings is 1. The van der Waals surface area contributed by atoms with Gasteiger partial charge in [0.2, 0.25) is 0 Å². The van der Waals surface area contributed by atoms with Crippen molar-refractivity contribution in [2.75, 3.05) is 19.0 Å². The molecule has 0 aliphatic heterocycles. The fourth-order valence-corrected chi connectivity index (χ4v) is 1.98. The summed E-state index contributed by atoms with van der Waals surface area (Å²) in [5.41, 5.74) is 2.64. The summed E-state index contributed by atoms with van der Waals surface area (Å²) in [4.78, 5) is 13.9. The van der Waals surface area contributed by atoms with E-state index in [4.69, 9.17) is 4.74 Å². The molecule has 2 aromatic heterocycles. The van der Waals surface area contributed by atoms with Gasteiger partial charge in [-0.1, -0.05) is 0 Å². The molecule has 0 aromatic carbocycles. The van der Waals surface area contributed by atoms with Gasteiger partial charge in [-0.3, -0.25) is 4.98 Å². The molecular weight excluding hydrogens is 236 g/mol. The van der Waals surface area contributed by atoms with Gasteiger partial charge in [-0.05, 0) is 6.92 Å². The van der Waals surface area contributed by atoms with Gasteiger partial charge in [-0.15, -0.1) is 11.3 Å². The molecule has 0 saturated heterocycles. The van der Waals surface area contributed by atoms with Crippen LogP contribution in [0.3, 0.4) is 0 Å². The van der Waals surface area contributed by atoms with E-state index >= 15 is 0 Å². The number of hydrogen-bond donors (Lipinski definition) is 1. The zero-order valence-corrected chi connectivity index (χ0v) is 10.6. The molecule has 0 aliphatic carbocycles. The molecular formula is C11H14N4OS. The van der Waals surface area contributed by atoms with Crippen LogP contribution in [0.15, 0.2) is 17.8 Å². The number of hydrogen-bond acceptors (Lipinski definition) is 6. The second-order valence-corrected chi connectivity index (χ2v) is 4.28. The van der Waals surface area contributed by atoms with E-state index in [0.717, 1.165) is 22.9 Å². The smallest absolute Gasteiger partial charge is 0.173 e. The molecule has 0 saturated carbocycles. The molecule has 2 heterocycles. The normalized spacial score (nSPS) is 10.5. The Morgan fingerprint density at radius 3 is 2.94 bits per heavy atom. The van der Waals surface area contributed by atoms with Crippen LogP contribution in [0.5, 0.6) is 0 Å². The van der Waals surface area contributed by atoms with Gasteiger partial charge >= 0.3 is 0 Å². The number of rotatable bonds is 5. The lowest BCUT2D eigenvalue weighted by Gasteiger charge is -2.07. The highest BCUT2D eigenvalue weighted by Gasteiger charge is 2.07. The first-order chi connectivity index (χ1) is 8.33. The Bertz CT molecular complexity index is 448. The highest BCUT2D eigenvalue weighted by molar-refractivity contribution is 7.13. The van der Waals surface area contributed by atoms with E-state index in [0.29, 0.717) is 12.4 Å². The second-order valence-electron chi connectivity index (χ2n) is 3.40. The van der Waals surface area contributed by atoms with Gasteiger partial charge in [0.15, 0.2) is 5.82 Å². The standard InChI is InChI=1S/C11H14N4OS/c1-3-13-10-4-8(6-16-2)14-11(15-10)9-5-12-7-17-9/h4-5,7H,3,6H2,1-2H3,(H,13,14,15). The van der Waals surface area contributed by atoms with Crippen molar-refractivity contribution in [2.45, 2.75) is 13.5 Å². The van der Waals surface area contributed by atoms with Crippen molar-refractivity contribution in [3.8, 4) is 10.7 Å². The molecule has 6 heteroatoms. The third-order valence-corrected chi connectivity index (χ3v) is 2.85. The predicted octanol–water partition coefficient (Wildman–Crippen LogP) is 2.18. The van der Waals surface area contributed by atoms with Gasteiger partial charge in [0.05, 0.1) is 22.7 Å². The number of aromatic nitrogens is 3. The summed E-state index contributed by atoms with van der Waals surface area (Å²) >= 11 is 1.52. The summed E-state index contributed by atoms with van der Waals surface area (Å²) in [6, 6.07) is 1.90. The molecule has 0 unspecified atom stereocenters. The second kappa shape index (κ2) is 5.70. The Morgan fingerprint density at radius 1 is 1.41 bits per heavy atom. The van der Waals surface area contributed by atoms with E-state index in [2.05, 4.69) is 20.3 Å². The maximum Gasteiger partial charge on any atom is 0.173 e. The predicted molar refractivity (Wildman–Crippen MR) is 68.0 cm³/mol. The van der Waals surface area contributed by atoms with Gasteiger partial charge in [-0.25, -0.2) is 9.97 Å². The van der Waals surface area contributed by atoms with Crippen molar-refractivity contribution in [1.82, 2.24) is 15.0 Å². The first kappa shape index (κ1) is 11.9. The molecule has 17 heavy (non-hydrogen) atoms. The summed E-state index contributed by atoms with van der Waals surface area (Å²) in [6.07, 6.45) is 1.77. The number of anilines is 1. The van der Waals surface area contributed by atoms with Gasteiger partial charge in [0.25, 0.3) is 0 Å². The third-order valence-electron chi connectivity index (χ3n) is 2.08. The highest BCUT2D eigenvalue weighted by Crippen LogP contribution is 2.21. The van der Waals surface area contributed by atoms with E-state index in [1.54, 1.807) is 18.8 Å². The third kappa shape index (κ3) is 2.98. The van der Waals surface area contributed by atoms with Crippen molar-refractivity contribution >= 4 is 17.2 Å². The van der Waals surface area contributed by atoms with Crippen molar-refractivity contribution in [2.24, 2.45) is 0 Å². The fourth-order valence-electron chi connectivity index (χ4n) is 1.43. The SMILES string of the molecule is CCNc1cc(COC)nc(-c2cncs2)n1. The maximum absolute atomic E-state index is 5.10. The van der Waals surface area contributed by atoms with Crippen LogP contribution in [-0.2, 0) is 11.3 Å². The van der Waals surface area contributed by atoms with Crippen molar-refractivity contribution in [3.05, 3.63) is 23.5 Å². The van der Waals surface area contributed by atoms with Crippen LogP contribution in [-0.4, -0.2) is 28.6 Å². The van der Waals surface area contributed by atoms with Crippen molar-refractivity contribution < 1.29 is 4.74 Å². The van der Waals surface area contributed by atoms with Crippen LogP contribution in [0.4, 0.5) is 5.82 Å². The van der Waals surface area contributed by atoms with Gasteiger partial charge in [-0.2, -0.15) is 0 Å². The quantitative estimate of drug-likeness (QED) is 0.881. The Morgan fingerprint density at radius 2 is 2.29 bits per heavy atom. The van der Waals surface area contributed by atoms with Crippen LogP contribution in [0, 0.1) is 0 Å². The summed E-state index contributed by atoms with van der Waals surface area (Å²) in [5.74, 6) is 1.51. The molecule has 0 radical (unpaired) electrons. The van der Waals surface area contributed by atoms with Gasteiger partial charge < -0.3 is 10.1 Å². The maximum atomic E-state index is 5.10. The van der Waals surface area contributed by atoms with E-state index in [-0.39, 0.29) is 0 Å². The Labute approximate surface area is 104 Å². The first-order valence-corrected chi connectivity index (χ1v) is 6.21. The van der Waals surface area contributed by atoms with Crippen LogP contribution in [0.2, 0.25) is 0 Å². The highest BCUT2D eigenvalue weighted by atomic mass is 32.1. The topological polar surface area (TPSA) is 59.9 Å². The van der Waals surface area contributed by atoms with Crippen LogP contribution in [0.1, 0.15) is 12.6 Å². The Hall–Kier alpha value is -1.53. The molecule has 0 amide bonds. The van der Waals surface area contributed by atoms with Gasteiger partial charge in [0.1, 0.15) is 5.82 Å². The summed E-state index contributed by atoms with van der Waals surface area (Å²) in [5, 5.41) is 3.19. The zero-order chi connectivity index (χ0) is 12.1. The number of nitrogens with one attached hydrogen (secondary N) is 1. The Kier molecular flexibility index (Phi) is 4.00. The number of methoxy groups -OCH3 is 1. The summed E-state index contributed by atoms with van der Waals surface area (Å²) < 4.78 is 5.10. The van der Waals surface area contributed by atoms with E-state index in [9.17, 15) is 0 Å². The molecule has 0 atom stereocenters. The minimum absolute atomic E-state index is 0.479. The molecule has 0 fully saturated rings. The molecule has 0 aliphatic rings. The number of ether oxygens (including phenoxy) is 1.